The Bertz CT molecular complexity index is 423. The van der Waals surface area contributed by atoms with Crippen molar-refractivity contribution >= 4 is 33.2 Å². The largest absolute Gasteiger partial charge is 0.308 e. The Morgan fingerprint density at radius 1 is 1.62 bits per heavy atom. The van der Waals surface area contributed by atoms with Crippen LogP contribution in [0.1, 0.15) is 5.56 Å². The maximum atomic E-state index is 10.5. The van der Waals surface area contributed by atoms with E-state index >= 15 is 0 Å². The summed E-state index contributed by atoms with van der Waals surface area (Å²) in [7, 11) is 0. The molecule has 0 saturated heterocycles. The highest BCUT2D eigenvalue weighted by molar-refractivity contribution is 9.10. The molecule has 6 heteroatoms. The minimum Gasteiger partial charge on any atom is -0.308 e. The van der Waals surface area contributed by atoms with Crippen LogP contribution in [-0.2, 0) is 6.54 Å². The fraction of sp³-hybridized carbons (Fsp3) is 0.200. The molecule has 86 valence electrons. The summed E-state index contributed by atoms with van der Waals surface area (Å²) < 4.78 is 0.703. The topological polar surface area (TPSA) is 55.2 Å². The van der Waals surface area contributed by atoms with E-state index in [4.69, 9.17) is 11.6 Å². The van der Waals surface area contributed by atoms with Crippen molar-refractivity contribution in [3.05, 3.63) is 50.0 Å². The van der Waals surface area contributed by atoms with Gasteiger partial charge in [0, 0.05) is 34.7 Å². The Labute approximate surface area is 107 Å². The molecule has 4 nitrogen and oxygen atoms in total. The molecule has 16 heavy (non-hydrogen) atoms. The van der Waals surface area contributed by atoms with Gasteiger partial charge in [-0.1, -0.05) is 34.1 Å². The van der Waals surface area contributed by atoms with Gasteiger partial charge in [-0.2, -0.15) is 0 Å². The van der Waals surface area contributed by atoms with E-state index in [0.29, 0.717) is 22.6 Å². The van der Waals surface area contributed by atoms with Crippen molar-refractivity contribution in [1.29, 1.82) is 0 Å². The highest BCUT2D eigenvalue weighted by Crippen LogP contribution is 2.22. The number of benzene rings is 1. The molecular weight excluding hydrogens is 295 g/mol. The molecule has 0 unspecified atom stereocenters. The van der Waals surface area contributed by atoms with Gasteiger partial charge < -0.3 is 5.32 Å². The van der Waals surface area contributed by atoms with Gasteiger partial charge in [0.2, 0.25) is 0 Å². The first kappa shape index (κ1) is 13.2. The van der Waals surface area contributed by atoms with Crippen molar-refractivity contribution in [1.82, 2.24) is 5.32 Å². The number of nitro benzene ring substituents is 1. The van der Waals surface area contributed by atoms with Gasteiger partial charge in [-0.3, -0.25) is 10.1 Å². The summed E-state index contributed by atoms with van der Waals surface area (Å²) in [5.74, 6) is 0. The van der Waals surface area contributed by atoms with Crippen LogP contribution < -0.4 is 5.32 Å². The minimum atomic E-state index is -0.428. The molecule has 0 saturated carbocycles. The molecule has 0 aliphatic heterocycles. The van der Waals surface area contributed by atoms with Crippen molar-refractivity contribution in [3.8, 4) is 0 Å². The van der Waals surface area contributed by atoms with Gasteiger partial charge in [0.05, 0.1) is 4.92 Å². The average molecular weight is 306 g/mol. The number of nitro groups is 1. The third-order valence-electron chi connectivity index (χ3n) is 1.88. The molecule has 0 fully saturated rings. The van der Waals surface area contributed by atoms with Gasteiger partial charge in [0.1, 0.15) is 0 Å². The Balaban J connectivity index is 2.68. The second-order valence-corrected chi connectivity index (χ2v) is 4.54. The standard InChI is InChI=1S/C10H10BrClN2O2/c1-7(12)5-13-6-8-2-3-9(14(15)16)4-10(8)11/h2-4,13H,1,5-6H2. The van der Waals surface area contributed by atoms with Gasteiger partial charge in [-0.25, -0.2) is 0 Å². The van der Waals surface area contributed by atoms with Crippen molar-refractivity contribution in [2.75, 3.05) is 6.54 Å². The van der Waals surface area contributed by atoms with Crippen LogP contribution in [0.3, 0.4) is 0 Å². The van der Waals surface area contributed by atoms with Crippen LogP contribution in [-0.4, -0.2) is 11.5 Å². The number of hydrogen-bond acceptors (Lipinski definition) is 3. The lowest BCUT2D eigenvalue weighted by molar-refractivity contribution is -0.384. The van der Waals surface area contributed by atoms with Gasteiger partial charge in [-0.05, 0) is 11.6 Å². The first-order valence-electron chi connectivity index (χ1n) is 4.47. The monoisotopic (exact) mass is 304 g/mol. The summed E-state index contributed by atoms with van der Waals surface area (Å²) in [5, 5.41) is 14.1. The molecule has 1 rings (SSSR count). The Morgan fingerprint density at radius 2 is 2.31 bits per heavy atom. The van der Waals surface area contributed by atoms with Crippen LogP contribution in [0.15, 0.2) is 34.3 Å². The molecule has 1 aromatic carbocycles. The molecule has 1 N–H and O–H groups in total. The second kappa shape index (κ2) is 5.98. The molecule has 0 bridgehead atoms. The van der Waals surface area contributed by atoms with Crippen LogP contribution in [0.2, 0.25) is 0 Å². The summed E-state index contributed by atoms with van der Waals surface area (Å²) in [5.41, 5.74) is 1.00. The van der Waals surface area contributed by atoms with Gasteiger partial charge >= 0.3 is 0 Å². The molecule has 0 heterocycles. The van der Waals surface area contributed by atoms with E-state index in [9.17, 15) is 10.1 Å². The Morgan fingerprint density at radius 3 is 2.81 bits per heavy atom. The molecule has 0 aliphatic rings. The fourth-order valence-electron chi connectivity index (χ4n) is 1.13. The molecule has 0 aliphatic carbocycles. The summed E-state index contributed by atoms with van der Waals surface area (Å²) in [6, 6.07) is 4.65. The van der Waals surface area contributed by atoms with Crippen molar-refractivity contribution in [2.24, 2.45) is 0 Å². The maximum Gasteiger partial charge on any atom is 0.270 e. The van der Waals surface area contributed by atoms with Gasteiger partial charge in [-0.15, -0.1) is 0 Å². The lowest BCUT2D eigenvalue weighted by Gasteiger charge is -2.05. The van der Waals surface area contributed by atoms with E-state index in [-0.39, 0.29) is 5.69 Å². The number of hydrogen-bond donors (Lipinski definition) is 1. The van der Waals surface area contributed by atoms with E-state index in [1.54, 1.807) is 6.07 Å². The molecule has 1 aromatic rings. The first-order valence-corrected chi connectivity index (χ1v) is 5.64. The molecule has 0 amide bonds. The van der Waals surface area contributed by atoms with Crippen LogP contribution in [0.5, 0.6) is 0 Å². The zero-order chi connectivity index (χ0) is 12.1. The fourth-order valence-corrected chi connectivity index (χ4v) is 1.73. The van der Waals surface area contributed by atoms with Crippen molar-refractivity contribution in [3.63, 3.8) is 0 Å². The molecule has 0 aromatic heterocycles. The smallest absolute Gasteiger partial charge is 0.270 e. The number of non-ortho nitro benzene ring substituents is 1. The summed E-state index contributed by atoms with van der Waals surface area (Å²) >= 11 is 8.88. The Kier molecular flexibility index (Phi) is 4.92. The number of nitrogens with one attached hydrogen (secondary N) is 1. The molecule has 0 atom stereocenters. The van der Waals surface area contributed by atoms with Crippen LogP contribution in [0.25, 0.3) is 0 Å². The first-order chi connectivity index (χ1) is 7.50. The van der Waals surface area contributed by atoms with Gasteiger partial charge in [0.15, 0.2) is 0 Å². The van der Waals surface area contributed by atoms with Gasteiger partial charge in [0.25, 0.3) is 5.69 Å². The number of rotatable bonds is 5. The molecular formula is C10H10BrClN2O2. The zero-order valence-electron chi connectivity index (χ0n) is 8.37. The quantitative estimate of drug-likeness (QED) is 0.671. The SMILES string of the molecule is C=C(Cl)CNCc1ccc([N+](=O)[O-])cc1Br. The summed E-state index contributed by atoms with van der Waals surface area (Å²) in [6.07, 6.45) is 0. The van der Waals surface area contributed by atoms with Crippen molar-refractivity contribution < 1.29 is 4.92 Å². The lowest BCUT2D eigenvalue weighted by atomic mass is 10.2. The van der Waals surface area contributed by atoms with E-state index in [1.165, 1.54) is 12.1 Å². The zero-order valence-corrected chi connectivity index (χ0v) is 10.7. The summed E-state index contributed by atoms with van der Waals surface area (Å²) in [4.78, 5) is 10.1. The minimum absolute atomic E-state index is 0.0670. The second-order valence-electron chi connectivity index (χ2n) is 3.15. The molecule has 0 spiro atoms. The maximum absolute atomic E-state index is 10.5. The normalized spacial score (nSPS) is 10.1. The number of halogens is 2. The van der Waals surface area contributed by atoms with E-state index in [0.717, 1.165) is 5.56 Å². The van der Waals surface area contributed by atoms with Crippen molar-refractivity contribution in [2.45, 2.75) is 6.54 Å². The lowest BCUT2D eigenvalue weighted by Crippen LogP contribution is -2.14. The summed E-state index contributed by atoms with van der Waals surface area (Å²) in [6.45, 7) is 4.63. The number of nitrogens with zero attached hydrogens (tertiary/aromatic N) is 1. The van der Waals surface area contributed by atoms with Crippen LogP contribution >= 0.6 is 27.5 Å². The molecule has 0 radical (unpaired) electrons. The van der Waals surface area contributed by atoms with E-state index in [2.05, 4.69) is 27.8 Å². The van der Waals surface area contributed by atoms with E-state index < -0.39 is 4.92 Å². The predicted octanol–water partition coefficient (Wildman–Crippen LogP) is 3.20. The highest BCUT2D eigenvalue weighted by atomic mass is 79.9. The van der Waals surface area contributed by atoms with Crippen LogP contribution in [0, 0.1) is 10.1 Å². The third kappa shape index (κ3) is 3.92. The Hall–Kier alpha value is -0.910. The third-order valence-corrected chi connectivity index (χ3v) is 2.75. The van der Waals surface area contributed by atoms with Crippen LogP contribution in [0.4, 0.5) is 5.69 Å². The highest BCUT2D eigenvalue weighted by Gasteiger charge is 2.08. The average Bonchev–Trinajstić information content (AvgIpc) is 2.19. The predicted molar refractivity (Wildman–Crippen MR) is 67.5 cm³/mol. The van der Waals surface area contributed by atoms with E-state index in [1.807, 2.05) is 0 Å².